The molecule has 0 saturated carbocycles. The first-order valence-corrected chi connectivity index (χ1v) is 4.09. The number of carbonyl (C=O) groups is 1. The van der Waals surface area contributed by atoms with Gasteiger partial charge >= 0.3 is 5.97 Å². The number of alkyl halides is 1. The molecule has 11 heavy (non-hydrogen) atoms. The summed E-state index contributed by atoms with van der Waals surface area (Å²) in [6.45, 7) is 4.73. The number of carbonyl (C=O) groups excluding carboxylic acids is 1. The van der Waals surface area contributed by atoms with E-state index in [1.165, 1.54) is 0 Å². The average Bonchev–Trinajstić information content (AvgIpc) is 1.87. The Bertz CT molecular complexity index is 193. The Hall–Kier alpha value is -0.560. The number of nitrogens with zero attached hydrogens (tertiary/aromatic N) is 1. The molecule has 0 spiro atoms. The highest BCUT2D eigenvalue weighted by Gasteiger charge is 2.23. The molecular formula is C7H10BrNO2. The summed E-state index contributed by atoms with van der Waals surface area (Å²) >= 11 is 3.04. The number of halogens is 1. The second-order valence-corrected chi connectivity index (χ2v) is 4.03. The zero-order valence-corrected chi connectivity index (χ0v) is 8.31. The third kappa shape index (κ3) is 3.99. The van der Waals surface area contributed by atoms with Crippen molar-refractivity contribution in [3.8, 4) is 6.07 Å². The standard InChI is InChI=1S/C7H10BrNO2/c1-5(8)6(10)11-7(2,3)4-9/h5H,1-3H3. The van der Waals surface area contributed by atoms with E-state index in [1.54, 1.807) is 20.8 Å². The van der Waals surface area contributed by atoms with Crippen LogP contribution >= 0.6 is 15.9 Å². The quantitative estimate of drug-likeness (QED) is 0.524. The minimum atomic E-state index is -1.03. The second kappa shape index (κ2) is 3.72. The summed E-state index contributed by atoms with van der Waals surface area (Å²) in [6, 6.07) is 1.86. The first-order chi connectivity index (χ1) is 4.89. The lowest BCUT2D eigenvalue weighted by Gasteiger charge is -2.17. The summed E-state index contributed by atoms with van der Waals surface area (Å²) in [6.07, 6.45) is 0. The lowest BCUT2D eigenvalue weighted by molar-refractivity contribution is -0.150. The Balaban J connectivity index is 4.08. The average molecular weight is 220 g/mol. The lowest BCUT2D eigenvalue weighted by Crippen LogP contribution is -2.29. The Morgan fingerprint density at radius 2 is 2.18 bits per heavy atom. The Morgan fingerprint density at radius 1 is 1.73 bits per heavy atom. The van der Waals surface area contributed by atoms with Crippen molar-refractivity contribution in [3.63, 3.8) is 0 Å². The van der Waals surface area contributed by atoms with Crippen LogP contribution in [0.2, 0.25) is 0 Å². The Kier molecular flexibility index (Phi) is 3.53. The van der Waals surface area contributed by atoms with Crippen LogP contribution in [0.4, 0.5) is 0 Å². The molecule has 0 aliphatic heterocycles. The summed E-state index contributed by atoms with van der Waals surface area (Å²) < 4.78 is 4.80. The van der Waals surface area contributed by atoms with Crippen molar-refractivity contribution in [3.05, 3.63) is 0 Å². The first kappa shape index (κ1) is 10.4. The highest BCUT2D eigenvalue weighted by Crippen LogP contribution is 2.11. The molecule has 0 aliphatic rings. The van der Waals surface area contributed by atoms with E-state index in [9.17, 15) is 4.79 Å². The molecule has 0 radical (unpaired) electrons. The second-order valence-electron chi connectivity index (χ2n) is 2.66. The number of nitriles is 1. The van der Waals surface area contributed by atoms with Crippen molar-refractivity contribution in [2.75, 3.05) is 0 Å². The number of rotatable bonds is 2. The lowest BCUT2D eigenvalue weighted by atomic mass is 10.2. The van der Waals surface area contributed by atoms with Gasteiger partial charge in [0.1, 0.15) is 10.9 Å². The Labute approximate surface area is 74.5 Å². The molecule has 0 aromatic rings. The smallest absolute Gasteiger partial charge is 0.321 e. The maximum absolute atomic E-state index is 10.9. The molecule has 4 heteroatoms. The van der Waals surface area contributed by atoms with Gasteiger partial charge in [-0.2, -0.15) is 5.26 Å². The van der Waals surface area contributed by atoms with E-state index < -0.39 is 11.6 Å². The number of hydrogen-bond donors (Lipinski definition) is 0. The van der Waals surface area contributed by atoms with Gasteiger partial charge in [0.25, 0.3) is 0 Å². The van der Waals surface area contributed by atoms with Crippen molar-refractivity contribution >= 4 is 21.9 Å². The van der Waals surface area contributed by atoms with Gasteiger partial charge in [0.15, 0.2) is 5.60 Å². The molecule has 0 saturated heterocycles. The molecule has 1 unspecified atom stereocenters. The minimum Gasteiger partial charge on any atom is -0.443 e. The molecule has 62 valence electrons. The molecule has 0 heterocycles. The third-order valence-electron chi connectivity index (χ3n) is 0.950. The topological polar surface area (TPSA) is 50.1 Å². The predicted molar refractivity (Wildman–Crippen MR) is 44.2 cm³/mol. The number of esters is 1. The SMILES string of the molecule is CC(Br)C(=O)OC(C)(C)C#N. The van der Waals surface area contributed by atoms with Crippen molar-refractivity contribution in [2.45, 2.75) is 31.2 Å². The maximum atomic E-state index is 10.9. The van der Waals surface area contributed by atoms with Gasteiger partial charge in [-0.25, -0.2) is 0 Å². The molecule has 0 aromatic heterocycles. The summed E-state index contributed by atoms with van der Waals surface area (Å²) in [5.41, 5.74) is -1.03. The van der Waals surface area contributed by atoms with Gasteiger partial charge in [-0.1, -0.05) is 15.9 Å². The molecule has 0 amide bonds. The molecule has 0 N–H and O–H groups in total. The van der Waals surface area contributed by atoms with Crippen LogP contribution in [0.15, 0.2) is 0 Å². The molecule has 0 aromatic carbocycles. The van der Waals surface area contributed by atoms with Crippen LogP contribution in [0, 0.1) is 11.3 Å². The third-order valence-corrected chi connectivity index (χ3v) is 1.32. The fourth-order valence-electron chi connectivity index (χ4n) is 0.355. The first-order valence-electron chi connectivity index (χ1n) is 3.17. The van der Waals surface area contributed by atoms with Crippen LogP contribution in [0.1, 0.15) is 20.8 Å². The fourth-order valence-corrected chi connectivity index (χ4v) is 0.449. The van der Waals surface area contributed by atoms with E-state index in [0.717, 1.165) is 0 Å². The molecule has 1 atom stereocenters. The van der Waals surface area contributed by atoms with Crippen LogP contribution < -0.4 is 0 Å². The van der Waals surface area contributed by atoms with Crippen LogP contribution in [-0.4, -0.2) is 16.4 Å². The van der Waals surface area contributed by atoms with E-state index in [2.05, 4.69) is 15.9 Å². The van der Waals surface area contributed by atoms with E-state index in [1.807, 2.05) is 6.07 Å². The van der Waals surface area contributed by atoms with E-state index in [4.69, 9.17) is 10.00 Å². The zero-order valence-electron chi connectivity index (χ0n) is 6.72. The van der Waals surface area contributed by atoms with Gasteiger partial charge < -0.3 is 4.74 Å². The molecule has 3 nitrogen and oxygen atoms in total. The van der Waals surface area contributed by atoms with Crippen molar-refractivity contribution < 1.29 is 9.53 Å². The number of ether oxygens (including phenoxy) is 1. The van der Waals surface area contributed by atoms with Gasteiger partial charge in [-0.05, 0) is 20.8 Å². The van der Waals surface area contributed by atoms with Crippen LogP contribution in [0.3, 0.4) is 0 Å². The van der Waals surface area contributed by atoms with Crippen LogP contribution in [0.25, 0.3) is 0 Å². The maximum Gasteiger partial charge on any atom is 0.321 e. The van der Waals surface area contributed by atoms with Crippen LogP contribution in [-0.2, 0) is 9.53 Å². The minimum absolute atomic E-state index is 0.366. The van der Waals surface area contributed by atoms with Crippen molar-refractivity contribution in [1.29, 1.82) is 5.26 Å². The molecule has 0 fully saturated rings. The van der Waals surface area contributed by atoms with Gasteiger partial charge in [0.05, 0.1) is 0 Å². The van der Waals surface area contributed by atoms with Crippen molar-refractivity contribution in [1.82, 2.24) is 0 Å². The summed E-state index contributed by atoms with van der Waals surface area (Å²) in [4.78, 5) is 10.5. The molecule has 0 bridgehead atoms. The molecular weight excluding hydrogens is 210 g/mol. The van der Waals surface area contributed by atoms with E-state index >= 15 is 0 Å². The summed E-state index contributed by atoms with van der Waals surface area (Å²) in [7, 11) is 0. The van der Waals surface area contributed by atoms with Crippen molar-refractivity contribution in [2.24, 2.45) is 0 Å². The van der Waals surface area contributed by atoms with Gasteiger partial charge in [0, 0.05) is 0 Å². The normalized spacial score (nSPS) is 13.4. The summed E-state index contributed by atoms with van der Waals surface area (Å²) in [5.74, 6) is -0.420. The highest BCUT2D eigenvalue weighted by molar-refractivity contribution is 9.10. The molecule has 0 aliphatic carbocycles. The molecule has 0 rings (SSSR count). The monoisotopic (exact) mass is 219 g/mol. The van der Waals surface area contributed by atoms with Gasteiger partial charge in [0.2, 0.25) is 0 Å². The Morgan fingerprint density at radius 3 is 2.45 bits per heavy atom. The predicted octanol–water partition coefficient (Wildman–Crippen LogP) is 1.62. The largest absolute Gasteiger partial charge is 0.443 e. The summed E-state index contributed by atoms with van der Waals surface area (Å²) in [5, 5.41) is 8.48. The van der Waals surface area contributed by atoms with Crippen LogP contribution in [0.5, 0.6) is 0 Å². The van der Waals surface area contributed by atoms with E-state index in [-0.39, 0.29) is 4.83 Å². The zero-order chi connectivity index (χ0) is 9.07. The van der Waals surface area contributed by atoms with E-state index in [0.29, 0.717) is 0 Å². The van der Waals surface area contributed by atoms with Gasteiger partial charge in [-0.3, -0.25) is 4.79 Å². The fraction of sp³-hybridized carbons (Fsp3) is 0.714. The number of hydrogen-bond acceptors (Lipinski definition) is 3. The van der Waals surface area contributed by atoms with Gasteiger partial charge in [-0.15, -0.1) is 0 Å². The highest BCUT2D eigenvalue weighted by atomic mass is 79.9.